The van der Waals surface area contributed by atoms with Gasteiger partial charge in [-0.2, -0.15) is 5.26 Å². The van der Waals surface area contributed by atoms with Crippen LogP contribution in [0.15, 0.2) is 54.1 Å². The molecule has 2 saturated heterocycles. The summed E-state index contributed by atoms with van der Waals surface area (Å²) in [5.41, 5.74) is 2.60. The average molecular weight is 566 g/mol. The summed E-state index contributed by atoms with van der Waals surface area (Å²) in [6.07, 6.45) is -7.70. The number of anilines is 1. The van der Waals surface area contributed by atoms with Crippen molar-refractivity contribution in [3.8, 4) is 16.5 Å². The number of thiophene rings is 1. The van der Waals surface area contributed by atoms with Gasteiger partial charge in [0.15, 0.2) is 6.29 Å². The molecule has 0 aliphatic carbocycles. The number of nitriles is 1. The number of aliphatic hydroxyl groups excluding tert-OH is 4. The van der Waals surface area contributed by atoms with Crippen LogP contribution in [-0.4, -0.2) is 89.9 Å². The first-order chi connectivity index (χ1) is 19.3. The molecule has 0 saturated carbocycles. The zero-order chi connectivity index (χ0) is 28.4. The van der Waals surface area contributed by atoms with E-state index in [1.807, 2.05) is 18.2 Å². The zero-order valence-corrected chi connectivity index (χ0v) is 22.7. The molecule has 1 aromatic heterocycles. The molecule has 11 heteroatoms. The molecule has 2 aliphatic heterocycles. The molecule has 2 fully saturated rings. The lowest BCUT2D eigenvalue weighted by molar-refractivity contribution is -0.280. The van der Waals surface area contributed by atoms with Crippen LogP contribution in [0.5, 0.6) is 0 Å². The van der Waals surface area contributed by atoms with E-state index >= 15 is 0 Å². The third-order valence-electron chi connectivity index (χ3n) is 7.32. The number of allylic oxidation sites excluding steroid dienone is 1. The molecule has 210 valence electrons. The van der Waals surface area contributed by atoms with Crippen molar-refractivity contribution in [2.24, 2.45) is 0 Å². The van der Waals surface area contributed by atoms with Crippen LogP contribution >= 0.6 is 11.3 Å². The molecule has 3 aromatic rings. The standard InChI is InChI=1S/C29H31N3O7S/c1-16(21(14-30)28(36)31-15-22-25(33)26(34)27(35)29(37)39-22)23-6-7-24(40-23)19-3-2-18-13-20(5-4-17(18)12-19)32-8-10-38-11-9-32/h2-7,12-13,22,25-27,29,33-35,37H,8-11,15H2,1H3,(H,31,36)/b21-16+/t22-,25-,26+,27-,29?/m1/s1. The van der Waals surface area contributed by atoms with E-state index in [0.717, 1.165) is 52.4 Å². The molecule has 5 rings (SSSR count). The first-order valence-corrected chi connectivity index (χ1v) is 13.8. The fraction of sp³-hybridized carbons (Fsp3) is 0.379. The highest BCUT2D eigenvalue weighted by Gasteiger charge is 2.43. The number of carbonyl (C=O) groups excluding carboxylic acids is 1. The number of hydrogen-bond donors (Lipinski definition) is 5. The second kappa shape index (κ2) is 12.0. The highest BCUT2D eigenvalue weighted by Crippen LogP contribution is 2.35. The molecule has 0 bridgehead atoms. The summed E-state index contributed by atoms with van der Waals surface area (Å²) in [6.45, 7) is 4.64. The van der Waals surface area contributed by atoms with E-state index in [0.29, 0.717) is 5.57 Å². The van der Waals surface area contributed by atoms with Crippen molar-refractivity contribution in [3.63, 3.8) is 0 Å². The third-order valence-corrected chi connectivity index (χ3v) is 8.58. The minimum absolute atomic E-state index is 0.103. The predicted molar refractivity (Wildman–Crippen MR) is 150 cm³/mol. The molecule has 0 radical (unpaired) electrons. The Kier molecular flexibility index (Phi) is 8.48. The lowest BCUT2D eigenvalue weighted by Crippen LogP contribution is -2.60. The van der Waals surface area contributed by atoms with Gasteiger partial charge in [0.1, 0.15) is 36.1 Å². The summed E-state index contributed by atoms with van der Waals surface area (Å²) in [4.78, 5) is 16.9. The summed E-state index contributed by atoms with van der Waals surface area (Å²) in [5, 5.41) is 53.7. The van der Waals surface area contributed by atoms with Gasteiger partial charge < -0.3 is 40.1 Å². The number of carbonyl (C=O) groups is 1. The maximum atomic E-state index is 12.8. The molecule has 1 unspecified atom stereocenters. The Morgan fingerprint density at radius 3 is 2.50 bits per heavy atom. The number of hydrogen-bond acceptors (Lipinski definition) is 10. The summed E-state index contributed by atoms with van der Waals surface area (Å²) in [7, 11) is 0. The normalized spacial score (nSPS) is 25.8. The van der Waals surface area contributed by atoms with Crippen molar-refractivity contribution in [1.82, 2.24) is 5.32 Å². The fourth-order valence-electron chi connectivity index (χ4n) is 4.91. The maximum absolute atomic E-state index is 12.8. The third kappa shape index (κ3) is 5.75. The van der Waals surface area contributed by atoms with Crippen LogP contribution in [0, 0.1) is 11.3 Å². The van der Waals surface area contributed by atoms with Gasteiger partial charge in [-0.1, -0.05) is 18.2 Å². The molecule has 1 amide bonds. The minimum Gasteiger partial charge on any atom is -0.388 e. The number of nitrogens with one attached hydrogen (secondary N) is 1. The fourth-order valence-corrected chi connectivity index (χ4v) is 5.92. The van der Waals surface area contributed by atoms with Gasteiger partial charge >= 0.3 is 0 Å². The quantitative estimate of drug-likeness (QED) is 0.221. The van der Waals surface area contributed by atoms with Gasteiger partial charge in [0.05, 0.1) is 13.2 Å². The highest BCUT2D eigenvalue weighted by atomic mass is 32.1. The van der Waals surface area contributed by atoms with Crippen LogP contribution in [0.1, 0.15) is 11.8 Å². The smallest absolute Gasteiger partial charge is 0.262 e. The van der Waals surface area contributed by atoms with Gasteiger partial charge in [0.2, 0.25) is 0 Å². The topological polar surface area (TPSA) is 156 Å². The van der Waals surface area contributed by atoms with Crippen LogP contribution < -0.4 is 10.2 Å². The molecular formula is C29H31N3O7S. The largest absolute Gasteiger partial charge is 0.388 e. The molecule has 40 heavy (non-hydrogen) atoms. The maximum Gasteiger partial charge on any atom is 0.262 e. The monoisotopic (exact) mass is 565 g/mol. The predicted octanol–water partition coefficient (Wildman–Crippen LogP) is 1.62. The molecule has 2 aliphatic rings. The number of benzene rings is 2. The van der Waals surface area contributed by atoms with Crippen molar-refractivity contribution in [1.29, 1.82) is 5.26 Å². The number of morpholine rings is 1. The number of rotatable bonds is 6. The molecular weight excluding hydrogens is 534 g/mol. The summed E-state index contributed by atoms with van der Waals surface area (Å²) >= 11 is 1.47. The van der Waals surface area contributed by atoms with Crippen molar-refractivity contribution < 1.29 is 34.7 Å². The van der Waals surface area contributed by atoms with Crippen molar-refractivity contribution in [3.05, 3.63) is 59.0 Å². The van der Waals surface area contributed by atoms with Gasteiger partial charge in [-0.3, -0.25) is 4.79 Å². The summed E-state index contributed by atoms with van der Waals surface area (Å²) in [6, 6.07) is 18.5. The van der Waals surface area contributed by atoms with Crippen molar-refractivity contribution >= 4 is 39.3 Å². The zero-order valence-electron chi connectivity index (χ0n) is 21.9. The van der Waals surface area contributed by atoms with E-state index in [9.17, 15) is 30.5 Å². The van der Waals surface area contributed by atoms with Crippen LogP contribution in [-0.2, 0) is 14.3 Å². The minimum atomic E-state index is -1.71. The van der Waals surface area contributed by atoms with E-state index in [4.69, 9.17) is 9.47 Å². The van der Waals surface area contributed by atoms with Gasteiger partial charge in [0.25, 0.3) is 5.91 Å². The van der Waals surface area contributed by atoms with E-state index in [2.05, 4.69) is 46.6 Å². The van der Waals surface area contributed by atoms with E-state index in [-0.39, 0.29) is 12.1 Å². The van der Waals surface area contributed by atoms with Crippen molar-refractivity contribution in [2.75, 3.05) is 37.7 Å². The Bertz CT molecular complexity index is 1460. The second-order valence-corrected chi connectivity index (χ2v) is 11.0. The highest BCUT2D eigenvalue weighted by molar-refractivity contribution is 7.16. The van der Waals surface area contributed by atoms with Gasteiger partial charge in [0, 0.05) is 35.1 Å². The number of fused-ring (bicyclic) bond motifs is 1. The van der Waals surface area contributed by atoms with E-state index in [1.54, 1.807) is 6.92 Å². The summed E-state index contributed by atoms with van der Waals surface area (Å²) < 4.78 is 10.5. The Balaban J connectivity index is 1.30. The van der Waals surface area contributed by atoms with Gasteiger partial charge in [-0.15, -0.1) is 11.3 Å². The molecule has 5 N–H and O–H groups in total. The SMILES string of the molecule is C/C(=C(/C#N)C(=O)NC[C@H]1OC(O)[C@H](O)[C@@H](O)[C@@H]1O)c1ccc(-c2ccc3cc(N4CCOCC4)ccc3c2)s1. The molecule has 0 spiro atoms. The van der Waals surface area contributed by atoms with E-state index in [1.165, 1.54) is 17.0 Å². The van der Waals surface area contributed by atoms with Crippen LogP contribution in [0.3, 0.4) is 0 Å². The second-order valence-electron chi connectivity index (χ2n) is 9.87. The van der Waals surface area contributed by atoms with Crippen molar-refractivity contribution in [2.45, 2.75) is 37.6 Å². The summed E-state index contributed by atoms with van der Waals surface area (Å²) in [5.74, 6) is -0.678. The average Bonchev–Trinajstić information content (AvgIpc) is 3.48. The van der Waals surface area contributed by atoms with Crippen LogP contribution in [0.2, 0.25) is 0 Å². The molecule has 5 atom stereocenters. The van der Waals surface area contributed by atoms with E-state index < -0.39 is 36.6 Å². The molecule has 10 nitrogen and oxygen atoms in total. The lowest BCUT2D eigenvalue weighted by Gasteiger charge is -2.38. The first-order valence-electron chi connectivity index (χ1n) is 13.0. The Labute approximate surface area is 235 Å². The Morgan fingerprint density at radius 1 is 1.02 bits per heavy atom. The first kappa shape index (κ1) is 28.2. The molecule has 3 heterocycles. The molecule has 2 aromatic carbocycles. The van der Waals surface area contributed by atoms with Gasteiger partial charge in [-0.25, -0.2) is 0 Å². The lowest BCUT2D eigenvalue weighted by atomic mass is 9.99. The number of nitrogens with zero attached hydrogens (tertiary/aromatic N) is 2. The van der Waals surface area contributed by atoms with Crippen LogP contribution in [0.4, 0.5) is 5.69 Å². The Hall–Kier alpha value is -3.34. The van der Waals surface area contributed by atoms with Crippen LogP contribution in [0.25, 0.3) is 26.8 Å². The van der Waals surface area contributed by atoms with Gasteiger partial charge in [-0.05, 0) is 59.2 Å². The number of aliphatic hydroxyl groups is 4. The number of amides is 1. The Morgan fingerprint density at radius 2 is 1.75 bits per heavy atom. The number of ether oxygens (including phenoxy) is 2.